The van der Waals surface area contributed by atoms with Crippen LogP contribution < -0.4 is 15.4 Å². The van der Waals surface area contributed by atoms with Gasteiger partial charge in [-0.3, -0.25) is 4.79 Å². The summed E-state index contributed by atoms with van der Waals surface area (Å²) in [6.45, 7) is 5.49. The molecule has 1 aromatic rings. The number of nitrogens with one attached hydrogen (secondary N) is 3. The Morgan fingerprint density at radius 2 is 2.13 bits per heavy atom. The molecule has 6 nitrogen and oxygen atoms in total. The highest BCUT2D eigenvalue weighted by atomic mass is 35.5. The summed E-state index contributed by atoms with van der Waals surface area (Å²) in [5.74, 6) is 0.0997. The second kappa shape index (κ2) is 8.63. The largest absolute Gasteiger partial charge is 0.326 e. The number of aryl methyl sites for hydroxylation is 1. The second-order valence-electron chi connectivity index (χ2n) is 5.72. The van der Waals surface area contributed by atoms with Crippen LogP contribution in [0.5, 0.6) is 0 Å². The van der Waals surface area contributed by atoms with Crippen LogP contribution >= 0.6 is 12.4 Å². The molecule has 3 N–H and O–H groups in total. The van der Waals surface area contributed by atoms with Crippen LogP contribution in [-0.4, -0.2) is 34.0 Å². The molecule has 8 heteroatoms. The van der Waals surface area contributed by atoms with Gasteiger partial charge < -0.3 is 10.6 Å². The second-order valence-corrected chi connectivity index (χ2v) is 7.49. The molecule has 23 heavy (non-hydrogen) atoms. The zero-order valence-corrected chi connectivity index (χ0v) is 15.0. The summed E-state index contributed by atoms with van der Waals surface area (Å²) in [5, 5.41) is 5.92. The maximum atomic E-state index is 12.4. The minimum absolute atomic E-state index is 0. The summed E-state index contributed by atoms with van der Waals surface area (Å²) in [6, 6.07) is 4.75. The van der Waals surface area contributed by atoms with Gasteiger partial charge in [-0.15, -0.1) is 12.4 Å². The van der Waals surface area contributed by atoms with E-state index in [1.54, 1.807) is 12.1 Å². The fourth-order valence-electron chi connectivity index (χ4n) is 2.50. The van der Waals surface area contributed by atoms with Gasteiger partial charge in [0.1, 0.15) is 0 Å². The number of piperidine rings is 1. The summed E-state index contributed by atoms with van der Waals surface area (Å²) in [5.41, 5.74) is 1.35. The average molecular weight is 362 g/mol. The Labute approximate surface area is 143 Å². The van der Waals surface area contributed by atoms with E-state index in [2.05, 4.69) is 15.4 Å². The Balaban J connectivity index is 0.00000264. The van der Waals surface area contributed by atoms with E-state index < -0.39 is 10.0 Å². The van der Waals surface area contributed by atoms with Crippen LogP contribution in [0.2, 0.25) is 0 Å². The molecule has 1 fully saturated rings. The third kappa shape index (κ3) is 5.76. The molecule has 2 rings (SSSR count). The highest BCUT2D eigenvalue weighted by Gasteiger charge is 2.19. The van der Waals surface area contributed by atoms with Gasteiger partial charge in [0.05, 0.1) is 4.90 Å². The predicted molar refractivity (Wildman–Crippen MR) is 93.5 cm³/mol. The van der Waals surface area contributed by atoms with E-state index in [4.69, 9.17) is 0 Å². The van der Waals surface area contributed by atoms with Crippen molar-refractivity contribution in [1.82, 2.24) is 10.0 Å². The number of sulfonamides is 1. The molecule has 0 spiro atoms. The Morgan fingerprint density at radius 3 is 2.74 bits per heavy atom. The highest BCUT2D eigenvalue weighted by molar-refractivity contribution is 7.89. The van der Waals surface area contributed by atoms with Gasteiger partial charge in [0.2, 0.25) is 15.9 Å². The third-order valence-electron chi connectivity index (χ3n) is 3.79. The van der Waals surface area contributed by atoms with Gasteiger partial charge >= 0.3 is 0 Å². The first-order valence-electron chi connectivity index (χ1n) is 7.47. The number of carbonyl (C=O) groups excluding carboxylic acids is 1. The van der Waals surface area contributed by atoms with Crippen molar-refractivity contribution >= 4 is 34.0 Å². The summed E-state index contributed by atoms with van der Waals surface area (Å²) in [4.78, 5) is 11.3. The highest BCUT2D eigenvalue weighted by Crippen LogP contribution is 2.20. The van der Waals surface area contributed by atoms with Crippen molar-refractivity contribution < 1.29 is 13.2 Å². The topological polar surface area (TPSA) is 87.3 Å². The van der Waals surface area contributed by atoms with E-state index in [1.165, 1.54) is 13.0 Å². The molecule has 0 saturated carbocycles. The molecule has 1 amide bonds. The normalized spacial score (nSPS) is 18.1. The van der Waals surface area contributed by atoms with Gasteiger partial charge in [0.25, 0.3) is 0 Å². The lowest BCUT2D eigenvalue weighted by atomic mass is 10.0. The van der Waals surface area contributed by atoms with Crippen molar-refractivity contribution in [3.63, 3.8) is 0 Å². The third-order valence-corrected chi connectivity index (χ3v) is 5.21. The molecule has 0 bridgehead atoms. The zero-order chi connectivity index (χ0) is 16.2. The van der Waals surface area contributed by atoms with E-state index in [1.807, 2.05) is 6.92 Å². The van der Waals surface area contributed by atoms with Crippen LogP contribution in [0.3, 0.4) is 0 Å². The van der Waals surface area contributed by atoms with E-state index >= 15 is 0 Å². The minimum Gasteiger partial charge on any atom is -0.326 e. The van der Waals surface area contributed by atoms with Gasteiger partial charge in [-0.25, -0.2) is 13.1 Å². The number of amides is 1. The first kappa shape index (κ1) is 19.9. The van der Waals surface area contributed by atoms with Gasteiger partial charge in [-0.2, -0.15) is 0 Å². The van der Waals surface area contributed by atoms with Crippen LogP contribution in [0, 0.1) is 12.8 Å². The molecular formula is C15H24ClN3O3S. The van der Waals surface area contributed by atoms with Gasteiger partial charge in [-0.1, -0.05) is 6.07 Å². The Bertz CT molecular complexity index is 643. The van der Waals surface area contributed by atoms with Crippen molar-refractivity contribution in [1.29, 1.82) is 0 Å². The number of hydrogen-bond donors (Lipinski definition) is 3. The monoisotopic (exact) mass is 361 g/mol. The molecule has 1 heterocycles. The molecule has 0 aromatic heterocycles. The van der Waals surface area contributed by atoms with Crippen LogP contribution in [0.25, 0.3) is 0 Å². The van der Waals surface area contributed by atoms with Crippen molar-refractivity contribution in [2.24, 2.45) is 5.92 Å². The maximum absolute atomic E-state index is 12.4. The summed E-state index contributed by atoms with van der Waals surface area (Å²) in [7, 11) is -3.56. The number of carbonyl (C=O) groups is 1. The Morgan fingerprint density at radius 1 is 1.39 bits per heavy atom. The van der Waals surface area contributed by atoms with Crippen LogP contribution in [0.15, 0.2) is 23.1 Å². The first-order valence-corrected chi connectivity index (χ1v) is 8.95. The molecule has 1 atom stereocenters. The number of hydrogen-bond acceptors (Lipinski definition) is 4. The van der Waals surface area contributed by atoms with E-state index in [0.717, 1.165) is 31.5 Å². The summed E-state index contributed by atoms with van der Waals surface area (Å²) < 4.78 is 27.4. The molecule has 0 aliphatic carbocycles. The maximum Gasteiger partial charge on any atom is 0.240 e. The summed E-state index contributed by atoms with van der Waals surface area (Å²) >= 11 is 0. The molecule has 0 radical (unpaired) electrons. The standard InChI is InChI=1S/C15H23N3O3S.ClH/c1-11-5-6-14(8-15(11)18-12(2)19)22(20,21)17-10-13-4-3-7-16-9-13;/h5-6,8,13,16-17H,3-4,7,9-10H2,1-2H3,(H,18,19);1H. The predicted octanol–water partition coefficient (Wildman–Crippen LogP) is 1.65. The Kier molecular flexibility index (Phi) is 7.47. The van der Waals surface area contributed by atoms with Gasteiger partial charge in [0.15, 0.2) is 0 Å². The average Bonchev–Trinajstić information content (AvgIpc) is 2.48. The lowest BCUT2D eigenvalue weighted by Gasteiger charge is -2.22. The molecule has 130 valence electrons. The number of halogens is 1. The lowest BCUT2D eigenvalue weighted by molar-refractivity contribution is -0.114. The summed E-state index contributed by atoms with van der Waals surface area (Å²) in [6.07, 6.45) is 2.10. The van der Waals surface area contributed by atoms with E-state index in [9.17, 15) is 13.2 Å². The Hall–Kier alpha value is -1.15. The minimum atomic E-state index is -3.56. The van der Waals surface area contributed by atoms with E-state index in [-0.39, 0.29) is 23.2 Å². The fraction of sp³-hybridized carbons (Fsp3) is 0.533. The molecule has 1 unspecified atom stereocenters. The van der Waals surface area contributed by atoms with Crippen LogP contribution in [0.1, 0.15) is 25.3 Å². The first-order chi connectivity index (χ1) is 10.4. The molecule has 1 aromatic carbocycles. The van der Waals surface area contributed by atoms with Crippen molar-refractivity contribution in [3.8, 4) is 0 Å². The van der Waals surface area contributed by atoms with Crippen molar-refractivity contribution in [3.05, 3.63) is 23.8 Å². The van der Waals surface area contributed by atoms with Crippen LogP contribution in [-0.2, 0) is 14.8 Å². The number of rotatable bonds is 5. The van der Waals surface area contributed by atoms with Gasteiger partial charge in [-0.05, 0) is 56.5 Å². The number of benzene rings is 1. The smallest absolute Gasteiger partial charge is 0.240 e. The van der Waals surface area contributed by atoms with E-state index in [0.29, 0.717) is 18.2 Å². The lowest BCUT2D eigenvalue weighted by Crippen LogP contribution is -2.38. The van der Waals surface area contributed by atoms with Crippen molar-refractivity contribution in [2.45, 2.75) is 31.6 Å². The molecule has 1 aliphatic heterocycles. The quantitative estimate of drug-likeness (QED) is 0.744. The van der Waals surface area contributed by atoms with Crippen LogP contribution in [0.4, 0.5) is 5.69 Å². The fourth-order valence-corrected chi connectivity index (χ4v) is 3.64. The number of anilines is 1. The van der Waals surface area contributed by atoms with Gasteiger partial charge in [0, 0.05) is 19.2 Å². The molecule has 1 saturated heterocycles. The SMILES string of the molecule is CC(=O)Nc1cc(S(=O)(=O)NCC2CCCNC2)ccc1C.Cl. The zero-order valence-electron chi connectivity index (χ0n) is 13.4. The molecule has 1 aliphatic rings. The molecular weight excluding hydrogens is 338 g/mol. The van der Waals surface area contributed by atoms with Crippen molar-refractivity contribution in [2.75, 3.05) is 25.0 Å².